The molecule has 6 nitrogen and oxygen atoms in total. The average molecular weight is 298 g/mol. The van der Waals surface area contributed by atoms with E-state index in [-0.39, 0.29) is 23.5 Å². The Labute approximate surface area is 118 Å². The topological polar surface area (TPSA) is 98.5 Å². The van der Waals surface area contributed by atoms with Gasteiger partial charge >= 0.3 is 0 Å². The standard InChI is InChI=1S/C13H18N2O4S/c1-8-3-4-9(20(2,17)18)5-12(8)15-13(16)10-6-19-7-11(10)14/h3-5,10-11H,6-7,14H2,1-2H3,(H,15,16). The fraction of sp³-hybridized carbons (Fsp3) is 0.462. The number of ether oxygens (including phenoxy) is 1. The second kappa shape index (κ2) is 5.51. The molecule has 20 heavy (non-hydrogen) atoms. The summed E-state index contributed by atoms with van der Waals surface area (Å²) < 4.78 is 28.2. The van der Waals surface area contributed by atoms with E-state index in [0.29, 0.717) is 12.3 Å². The lowest BCUT2D eigenvalue weighted by Crippen LogP contribution is -2.37. The monoisotopic (exact) mass is 298 g/mol. The van der Waals surface area contributed by atoms with Crippen LogP contribution in [0.5, 0.6) is 0 Å². The van der Waals surface area contributed by atoms with E-state index in [1.54, 1.807) is 13.0 Å². The largest absolute Gasteiger partial charge is 0.379 e. The zero-order valence-electron chi connectivity index (χ0n) is 11.4. The van der Waals surface area contributed by atoms with E-state index in [1.165, 1.54) is 12.1 Å². The Bertz CT molecular complexity index is 627. The van der Waals surface area contributed by atoms with Gasteiger partial charge in [-0.15, -0.1) is 0 Å². The smallest absolute Gasteiger partial charge is 0.231 e. The van der Waals surface area contributed by atoms with Crippen LogP contribution in [0.25, 0.3) is 0 Å². The van der Waals surface area contributed by atoms with Gasteiger partial charge in [0, 0.05) is 18.0 Å². The quantitative estimate of drug-likeness (QED) is 0.837. The van der Waals surface area contributed by atoms with Crippen molar-refractivity contribution >= 4 is 21.4 Å². The summed E-state index contributed by atoms with van der Waals surface area (Å²) in [5.41, 5.74) is 7.06. The number of nitrogens with one attached hydrogen (secondary N) is 1. The molecule has 1 aromatic carbocycles. The van der Waals surface area contributed by atoms with Crippen LogP contribution in [0.15, 0.2) is 23.1 Å². The zero-order valence-corrected chi connectivity index (χ0v) is 12.2. The highest BCUT2D eigenvalue weighted by molar-refractivity contribution is 7.90. The molecule has 0 aromatic heterocycles. The second-order valence-corrected chi connectivity index (χ2v) is 7.06. The van der Waals surface area contributed by atoms with Crippen LogP contribution in [0, 0.1) is 12.8 Å². The van der Waals surface area contributed by atoms with Crippen molar-refractivity contribution in [3.63, 3.8) is 0 Å². The summed E-state index contributed by atoms with van der Waals surface area (Å²) in [7, 11) is -3.31. The highest BCUT2D eigenvalue weighted by Crippen LogP contribution is 2.22. The molecule has 0 saturated carbocycles. The Morgan fingerprint density at radius 3 is 2.65 bits per heavy atom. The summed E-state index contributed by atoms with van der Waals surface area (Å²) in [5.74, 6) is -0.653. The van der Waals surface area contributed by atoms with Gasteiger partial charge in [0.2, 0.25) is 5.91 Å². The number of anilines is 1. The molecule has 1 amide bonds. The Morgan fingerprint density at radius 1 is 1.40 bits per heavy atom. The van der Waals surface area contributed by atoms with Gasteiger partial charge in [0.15, 0.2) is 9.84 Å². The SMILES string of the molecule is Cc1ccc(S(C)(=O)=O)cc1NC(=O)C1COCC1N. The molecule has 0 bridgehead atoms. The van der Waals surface area contributed by atoms with Gasteiger partial charge in [0.05, 0.1) is 24.0 Å². The van der Waals surface area contributed by atoms with Gasteiger partial charge in [0.1, 0.15) is 0 Å². The third-order valence-corrected chi connectivity index (χ3v) is 4.47. The number of carbonyl (C=O) groups excluding carboxylic acids is 1. The van der Waals surface area contributed by atoms with Crippen LogP contribution in [-0.4, -0.2) is 39.8 Å². The second-order valence-electron chi connectivity index (χ2n) is 5.05. The van der Waals surface area contributed by atoms with Crippen LogP contribution < -0.4 is 11.1 Å². The molecule has 1 aromatic rings. The first-order valence-corrected chi connectivity index (χ1v) is 8.13. The zero-order chi connectivity index (χ0) is 14.9. The Kier molecular flexibility index (Phi) is 4.12. The van der Waals surface area contributed by atoms with E-state index in [0.717, 1.165) is 11.8 Å². The van der Waals surface area contributed by atoms with E-state index in [4.69, 9.17) is 10.5 Å². The number of nitrogens with two attached hydrogens (primary N) is 1. The molecule has 0 aliphatic carbocycles. The molecule has 1 aliphatic rings. The van der Waals surface area contributed by atoms with Crippen molar-refractivity contribution in [2.45, 2.75) is 17.9 Å². The molecule has 2 unspecified atom stereocenters. The maximum atomic E-state index is 12.1. The van der Waals surface area contributed by atoms with Crippen molar-refractivity contribution in [3.05, 3.63) is 23.8 Å². The summed E-state index contributed by atoms with van der Waals surface area (Å²) in [6.07, 6.45) is 1.13. The summed E-state index contributed by atoms with van der Waals surface area (Å²) in [6, 6.07) is 4.32. The fourth-order valence-electron chi connectivity index (χ4n) is 2.03. The first-order chi connectivity index (χ1) is 9.29. The number of amides is 1. The fourth-order valence-corrected chi connectivity index (χ4v) is 2.68. The molecule has 1 heterocycles. The molecule has 1 saturated heterocycles. The van der Waals surface area contributed by atoms with Gasteiger partial charge in [-0.25, -0.2) is 8.42 Å². The van der Waals surface area contributed by atoms with E-state index in [9.17, 15) is 13.2 Å². The van der Waals surface area contributed by atoms with Crippen LogP contribution in [0.4, 0.5) is 5.69 Å². The molecule has 1 aliphatic heterocycles. The molecule has 3 N–H and O–H groups in total. The van der Waals surface area contributed by atoms with Crippen molar-refractivity contribution < 1.29 is 17.9 Å². The van der Waals surface area contributed by atoms with Crippen LogP contribution in [0.1, 0.15) is 5.56 Å². The maximum absolute atomic E-state index is 12.1. The van der Waals surface area contributed by atoms with Crippen LogP contribution >= 0.6 is 0 Å². The number of aryl methyl sites for hydroxylation is 1. The lowest BCUT2D eigenvalue weighted by molar-refractivity contribution is -0.120. The number of rotatable bonds is 3. The number of hydrogen-bond acceptors (Lipinski definition) is 5. The molecule has 0 radical (unpaired) electrons. The van der Waals surface area contributed by atoms with Crippen molar-refractivity contribution in [2.24, 2.45) is 11.7 Å². The molecule has 2 rings (SSSR count). The summed E-state index contributed by atoms with van der Waals surface area (Å²) in [6.45, 7) is 2.45. The normalized spacial score (nSPS) is 22.8. The predicted molar refractivity (Wildman–Crippen MR) is 75.2 cm³/mol. The van der Waals surface area contributed by atoms with Crippen molar-refractivity contribution in [2.75, 3.05) is 24.8 Å². The molecular weight excluding hydrogens is 280 g/mol. The first kappa shape index (κ1) is 15.0. The average Bonchev–Trinajstić information content (AvgIpc) is 2.77. The van der Waals surface area contributed by atoms with E-state index in [2.05, 4.69) is 5.32 Å². The first-order valence-electron chi connectivity index (χ1n) is 6.24. The minimum absolute atomic E-state index is 0.172. The Balaban J connectivity index is 2.22. The molecule has 110 valence electrons. The summed E-state index contributed by atoms with van der Waals surface area (Å²) in [5, 5.41) is 2.73. The lowest BCUT2D eigenvalue weighted by Gasteiger charge is -2.15. The number of carbonyl (C=O) groups is 1. The predicted octanol–water partition coefficient (Wildman–Crippen LogP) is 0.311. The molecule has 7 heteroatoms. The minimum atomic E-state index is -3.31. The van der Waals surface area contributed by atoms with E-state index < -0.39 is 15.8 Å². The van der Waals surface area contributed by atoms with E-state index in [1.807, 2.05) is 0 Å². The van der Waals surface area contributed by atoms with Gasteiger partial charge < -0.3 is 15.8 Å². The molecular formula is C13H18N2O4S. The Morgan fingerprint density at radius 2 is 2.10 bits per heavy atom. The van der Waals surface area contributed by atoms with Gasteiger partial charge in [-0.1, -0.05) is 6.07 Å². The Hall–Kier alpha value is -1.44. The van der Waals surface area contributed by atoms with Gasteiger partial charge in [-0.2, -0.15) is 0 Å². The van der Waals surface area contributed by atoms with Crippen molar-refractivity contribution in [1.29, 1.82) is 0 Å². The number of benzene rings is 1. The van der Waals surface area contributed by atoms with Crippen molar-refractivity contribution in [3.8, 4) is 0 Å². The van der Waals surface area contributed by atoms with Crippen LogP contribution in [0.2, 0.25) is 0 Å². The van der Waals surface area contributed by atoms with Crippen molar-refractivity contribution in [1.82, 2.24) is 0 Å². The highest BCUT2D eigenvalue weighted by Gasteiger charge is 2.31. The van der Waals surface area contributed by atoms with Crippen LogP contribution in [0.3, 0.4) is 0 Å². The highest BCUT2D eigenvalue weighted by atomic mass is 32.2. The molecule has 2 atom stereocenters. The third kappa shape index (κ3) is 3.17. The molecule has 1 fully saturated rings. The van der Waals surface area contributed by atoms with Gasteiger partial charge in [0.25, 0.3) is 0 Å². The minimum Gasteiger partial charge on any atom is -0.379 e. The maximum Gasteiger partial charge on any atom is 0.231 e. The summed E-state index contributed by atoms with van der Waals surface area (Å²) >= 11 is 0. The number of sulfone groups is 1. The van der Waals surface area contributed by atoms with E-state index >= 15 is 0 Å². The van der Waals surface area contributed by atoms with Gasteiger partial charge in [-0.05, 0) is 24.6 Å². The third-order valence-electron chi connectivity index (χ3n) is 3.36. The molecule has 0 spiro atoms. The lowest BCUT2D eigenvalue weighted by atomic mass is 10.0. The van der Waals surface area contributed by atoms with Gasteiger partial charge in [-0.3, -0.25) is 4.79 Å². The van der Waals surface area contributed by atoms with Crippen LogP contribution in [-0.2, 0) is 19.4 Å². The summed E-state index contributed by atoms with van der Waals surface area (Å²) in [4.78, 5) is 12.3. The number of hydrogen-bond donors (Lipinski definition) is 2.